The Morgan fingerprint density at radius 2 is 1.85 bits per heavy atom. The highest BCUT2D eigenvalue weighted by Gasteiger charge is 2.46. The van der Waals surface area contributed by atoms with E-state index in [1.54, 1.807) is 34.6 Å². The maximum Gasteiger partial charge on any atom is 0.413 e. The van der Waals surface area contributed by atoms with Crippen LogP contribution in [-0.4, -0.2) is 65.0 Å². The minimum absolute atomic E-state index is 0.00862. The number of carbonyl (C=O) groups excluding carboxylic acids is 3. The fourth-order valence-electron chi connectivity index (χ4n) is 3.76. The number of hydrazine groups is 1. The average molecular weight is 613 g/mol. The van der Waals surface area contributed by atoms with E-state index >= 15 is 0 Å². The predicted octanol–water partition coefficient (Wildman–Crippen LogP) is 4.92. The summed E-state index contributed by atoms with van der Waals surface area (Å²) in [5.41, 5.74) is 2.44. The second-order valence-electron chi connectivity index (χ2n) is 10.4. The fourth-order valence-corrected chi connectivity index (χ4v) is 4.20. The molecule has 14 heteroatoms. The van der Waals surface area contributed by atoms with Gasteiger partial charge in [-0.15, -0.1) is 0 Å². The quantitative estimate of drug-likeness (QED) is 0.244. The summed E-state index contributed by atoms with van der Waals surface area (Å²) in [4.78, 5) is 43.3. The van der Waals surface area contributed by atoms with Gasteiger partial charge in [0.15, 0.2) is 11.6 Å². The van der Waals surface area contributed by atoms with E-state index in [-0.39, 0.29) is 52.8 Å². The minimum atomic E-state index is -0.972. The van der Waals surface area contributed by atoms with Gasteiger partial charge in [0.2, 0.25) is 5.88 Å². The summed E-state index contributed by atoms with van der Waals surface area (Å²) in [6.45, 7) is 12.3. The van der Waals surface area contributed by atoms with E-state index in [9.17, 15) is 18.8 Å². The molecule has 2 aromatic rings. The van der Waals surface area contributed by atoms with E-state index in [1.807, 2.05) is 0 Å². The lowest BCUT2D eigenvalue weighted by molar-refractivity contribution is -0.0637. The number of nitrogens with zero attached hydrogens (tertiary/aromatic N) is 2. The van der Waals surface area contributed by atoms with E-state index in [0.29, 0.717) is 0 Å². The van der Waals surface area contributed by atoms with Crippen molar-refractivity contribution >= 4 is 41.1 Å². The Labute approximate surface area is 246 Å². The Kier molecular flexibility index (Phi) is 10.1. The summed E-state index contributed by atoms with van der Waals surface area (Å²) in [6.07, 6.45) is 0.889. The van der Waals surface area contributed by atoms with E-state index < -0.39 is 41.1 Å². The van der Waals surface area contributed by atoms with Crippen molar-refractivity contribution in [1.82, 2.24) is 20.7 Å². The van der Waals surface area contributed by atoms with Crippen molar-refractivity contribution in [1.29, 1.82) is 0 Å². The molecule has 41 heavy (non-hydrogen) atoms. The lowest BCUT2D eigenvalue weighted by atomic mass is 10.2. The van der Waals surface area contributed by atoms with Crippen LogP contribution < -0.4 is 20.3 Å². The van der Waals surface area contributed by atoms with Crippen LogP contribution in [0.25, 0.3) is 0 Å². The van der Waals surface area contributed by atoms with Gasteiger partial charge in [-0.1, -0.05) is 35.9 Å². The maximum absolute atomic E-state index is 14.9. The molecule has 2 N–H and O–H groups in total. The fraction of sp³-hybridized carbons (Fsp3) is 0.407. The summed E-state index contributed by atoms with van der Waals surface area (Å²) in [7, 11) is 0. The monoisotopic (exact) mass is 612 g/mol. The van der Waals surface area contributed by atoms with Crippen molar-refractivity contribution in [3.63, 3.8) is 0 Å². The first kappa shape index (κ1) is 31.9. The van der Waals surface area contributed by atoms with Gasteiger partial charge in [-0.3, -0.25) is 25.3 Å². The van der Waals surface area contributed by atoms with Crippen molar-refractivity contribution in [2.24, 2.45) is 0 Å². The Morgan fingerprint density at radius 3 is 2.51 bits per heavy atom. The van der Waals surface area contributed by atoms with Gasteiger partial charge in [-0.2, -0.15) is 0 Å². The number of amides is 3. The molecule has 3 rings (SSSR count). The normalized spacial score (nSPS) is 16.1. The molecule has 2 heterocycles. The van der Waals surface area contributed by atoms with Crippen LogP contribution in [0.4, 0.5) is 9.18 Å². The van der Waals surface area contributed by atoms with E-state index in [1.165, 1.54) is 23.1 Å². The van der Waals surface area contributed by atoms with E-state index in [2.05, 4.69) is 22.4 Å². The summed E-state index contributed by atoms with van der Waals surface area (Å²) in [6, 6.07) is 3.99. The molecule has 0 radical (unpaired) electrons. The topological polar surface area (TPSA) is 128 Å². The first-order valence-corrected chi connectivity index (χ1v) is 13.2. The standard InChI is InChI=1S/C27H31Cl2FN4O7/c1-7-8-38-22-10-15(9-21(29)31-22)23(35)32-33-24(36)17-11-19(30)20(12-18(17)28)39-13-16-14-40-27(5,6)34(16)25(37)41-26(2,3)4/h7,9-12,16H,1,8,13-14H2,2-6H3,(H,32,35)(H,33,36). The van der Waals surface area contributed by atoms with Gasteiger partial charge < -0.3 is 18.9 Å². The summed E-state index contributed by atoms with van der Waals surface area (Å²) < 4.78 is 37.0. The molecule has 1 saturated heterocycles. The molecule has 1 fully saturated rings. The summed E-state index contributed by atoms with van der Waals surface area (Å²) in [5.74, 6) is -2.68. The zero-order chi connectivity index (χ0) is 30.5. The number of ether oxygens (including phenoxy) is 4. The molecule has 1 aromatic carbocycles. The van der Waals surface area contributed by atoms with Crippen molar-refractivity contribution in [2.45, 2.75) is 52.0 Å². The van der Waals surface area contributed by atoms with E-state index in [4.69, 9.17) is 42.1 Å². The van der Waals surface area contributed by atoms with Gasteiger partial charge in [0, 0.05) is 17.7 Å². The Morgan fingerprint density at radius 1 is 1.17 bits per heavy atom. The third-order valence-electron chi connectivity index (χ3n) is 5.53. The molecule has 0 spiro atoms. The number of carbonyl (C=O) groups is 3. The largest absolute Gasteiger partial charge is 0.488 e. The number of aromatic nitrogens is 1. The summed E-state index contributed by atoms with van der Waals surface area (Å²) >= 11 is 12.2. The maximum atomic E-state index is 14.9. The van der Waals surface area contributed by atoms with Crippen LogP contribution in [0, 0.1) is 5.82 Å². The number of pyridine rings is 1. The van der Waals surface area contributed by atoms with Crippen LogP contribution in [0.2, 0.25) is 10.2 Å². The molecular weight excluding hydrogens is 582 g/mol. The Balaban J connectivity index is 1.65. The first-order valence-electron chi connectivity index (χ1n) is 12.4. The molecule has 1 aliphatic rings. The molecular formula is C27H31Cl2FN4O7. The second-order valence-corrected chi connectivity index (χ2v) is 11.2. The molecule has 0 bridgehead atoms. The number of hydrogen-bond donors (Lipinski definition) is 2. The van der Waals surface area contributed by atoms with Crippen molar-refractivity contribution in [3.8, 4) is 11.6 Å². The molecule has 1 aliphatic heterocycles. The Bertz CT molecular complexity index is 1330. The molecule has 1 aromatic heterocycles. The van der Waals surface area contributed by atoms with Gasteiger partial charge in [-0.25, -0.2) is 14.2 Å². The van der Waals surface area contributed by atoms with Gasteiger partial charge >= 0.3 is 6.09 Å². The molecule has 1 unspecified atom stereocenters. The predicted molar refractivity (Wildman–Crippen MR) is 149 cm³/mol. The van der Waals surface area contributed by atoms with Crippen LogP contribution in [-0.2, 0) is 9.47 Å². The van der Waals surface area contributed by atoms with Crippen LogP contribution in [0.1, 0.15) is 55.3 Å². The van der Waals surface area contributed by atoms with Gasteiger partial charge in [0.25, 0.3) is 11.8 Å². The highest BCUT2D eigenvalue weighted by molar-refractivity contribution is 6.34. The molecule has 0 aliphatic carbocycles. The highest BCUT2D eigenvalue weighted by Crippen LogP contribution is 2.31. The van der Waals surface area contributed by atoms with Gasteiger partial charge in [-0.05, 0) is 46.8 Å². The number of rotatable bonds is 8. The van der Waals surface area contributed by atoms with Crippen LogP contribution in [0.15, 0.2) is 36.9 Å². The molecule has 11 nitrogen and oxygen atoms in total. The van der Waals surface area contributed by atoms with Crippen LogP contribution >= 0.6 is 23.2 Å². The minimum Gasteiger partial charge on any atom is -0.488 e. The smallest absolute Gasteiger partial charge is 0.413 e. The summed E-state index contributed by atoms with van der Waals surface area (Å²) in [5, 5.41) is -0.155. The van der Waals surface area contributed by atoms with Crippen LogP contribution in [0.3, 0.4) is 0 Å². The van der Waals surface area contributed by atoms with Gasteiger partial charge in [0.05, 0.1) is 23.2 Å². The van der Waals surface area contributed by atoms with Gasteiger partial charge in [0.1, 0.15) is 29.7 Å². The lowest BCUT2D eigenvalue weighted by Gasteiger charge is -2.35. The second kappa shape index (κ2) is 12.9. The molecule has 0 saturated carbocycles. The van der Waals surface area contributed by atoms with Crippen molar-refractivity contribution < 1.29 is 37.7 Å². The zero-order valence-corrected chi connectivity index (χ0v) is 24.7. The third kappa shape index (κ3) is 8.44. The van der Waals surface area contributed by atoms with Crippen LogP contribution in [0.5, 0.6) is 11.6 Å². The van der Waals surface area contributed by atoms with E-state index in [0.717, 1.165) is 12.1 Å². The average Bonchev–Trinajstić information content (AvgIpc) is 3.18. The molecule has 222 valence electrons. The number of hydrogen-bond acceptors (Lipinski definition) is 8. The first-order chi connectivity index (χ1) is 19.1. The zero-order valence-electron chi connectivity index (χ0n) is 23.2. The number of benzene rings is 1. The number of nitrogens with one attached hydrogen (secondary N) is 2. The third-order valence-corrected chi connectivity index (χ3v) is 6.04. The van der Waals surface area contributed by atoms with Crippen molar-refractivity contribution in [2.75, 3.05) is 19.8 Å². The highest BCUT2D eigenvalue weighted by atomic mass is 35.5. The molecule has 3 amide bonds. The number of halogens is 3. The SMILES string of the molecule is C=CCOc1cc(C(=O)NNC(=O)c2cc(F)c(OCC3COC(C)(C)N3C(=O)OC(C)(C)C)cc2Cl)cc(Cl)n1. The lowest BCUT2D eigenvalue weighted by Crippen LogP contribution is -2.51. The Hall–Kier alpha value is -3.61. The van der Waals surface area contributed by atoms with Crippen molar-refractivity contribution in [3.05, 3.63) is 64.0 Å². The molecule has 1 atom stereocenters.